The number of hydrogen-bond acceptors (Lipinski definition) is 5. The van der Waals surface area contributed by atoms with Gasteiger partial charge in [-0.15, -0.1) is 11.3 Å². The third kappa shape index (κ3) is 4.53. The van der Waals surface area contributed by atoms with Crippen LogP contribution < -0.4 is 10.5 Å². The SMILES string of the molecule is Cc1ccc2c(Cl)c(C(=O)N/N=C(/CCC(=O)[O-])c3ccccc3)sc2c1. The van der Waals surface area contributed by atoms with Gasteiger partial charge < -0.3 is 9.90 Å². The number of halogens is 1. The molecule has 0 saturated heterocycles. The normalized spacial score (nSPS) is 11.6. The van der Waals surface area contributed by atoms with E-state index in [1.165, 1.54) is 11.3 Å². The van der Waals surface area contributed by atoms with Gasteiger partial charge in [-0.25, -0.2) is 5.43 Å². The second-order valence-corrected chi connectivity index (χ2v) is 7.41. The topological polar surface area (TPSA) is 81.6 Å². The molecular formula is C20H16ClN2O3S-. The molecule has 0 aliphatic rings. The molecule has 7 heteroatoms. The zero-order valence-electron chi connectivity index (χ0n) is 14.5. The summed E-state index contributed by atoms with van der Waals surface area (Å²) in [5.41, 5.74) is 4.77. The molecule has 2 aromatic carbocycles. The fourth-order valence-electron chi connectivity index (χ4n) is 2.60. The van der Waals surface area contributed by atoms with Gasteiger partial charge in [0.2, 0.25) is 0 Å². The van der Waals surface area contributed by atoms with Crippen molar-refractivity contribution >= 4 is 50.6 Å². The molecule has 0 saturated carbocycles. The van der Waals surface area contributed by atoms with Gasteiger partial charge in [-0.2, -0.15) is 5.10 Å². The molecular weight excluding hydrogens is 384 g/mol. The summed E-state index contributed by atoms with van der Waals surface area (Å²) in [6.45, 7) is 1.97. The maximum atomic E-state index is 12.6. The van der Waals surface area contributed by atoms with Gasteiger partial charge in [-0.3, -0.25) is 4.79 Å². The standard InChI is InChI=1S/C20H17ClN2O3S/c1-12-7-8-14-16(11-12)27-19(18(14)21)20(26)23-22-15(9-10-17(24)25)13-5-3-2-4-6-13/h2-8,11H,9-10H2,1H3,(H,23,26)(H,24,25)/p-1/b22-15-. The number of rotatable bonds is 6. The van der Waals surface area contributed by atoms with Crippen LogP contribution in [0, 0.1) is 6.92 Å². The first kappa shape index (κ1) is 19.1. The van der Waals surface area contributed by atoms with Crippen molar-refractivity contribution in [3.8, 4) is 0 Å². The molecule has 0 unspecified atom stereocenters. The number of thiophene rings is 1. The number of nitrogens with zero attached hydrogens (tertiary/aromatic N) is 1. The van der Waals surface area contributed by atoms with E-state index in [0.29, 0.717) is 15.6 Å². The van der Waals surface area contributed by atoms with Crippen molar-refractivity contribution in [1.29, 1.82) is 0 Å². The molecule has 1 N–H and O–H groups in total. The Morgan fingerprint density at radius 3 is 2.59 bits per heavy atom. The van der Waals surface area contributed by atoms with Crippen LogP contribution >= 0.6 is 22.9 Å². The summed E-state index contributed by atoms with van der Waals surface area (Å²) < 4.78 is 0.925. The van der Waals surface area contributed by atoms with Gasteiger partial charge in [0, 0.05) is 16.1 Å². The number of carboxylic acid groups (broad SMARTS) is 1. The Morgan fingerprint density at radius 2 is 1.89 bits per heavy atom. The monoisotopic (exact) mass is 399 g/mol. The predicted octanol–water partition coefficient (Wildman–Crippen LogP) is 3.53. The van der Waals surface area contributed by atoms with Crippen molar-refractivity contribution in [3.05, 3.63) is 69.6 Å². The smallest absolute Gasteiger partial charge is 0.283 e. The van der Waals surface area contributed by atoms with Crippen LogP contribution in [0.3, 0.4) is 0 Å². The van der Waals surface area contributed by atoms with Crippen LogP contribution in [0.5, 0.6) is 0 Å². The highest BCUT2D eigenvalue weighted by atomic mass is 35.5. The number of hydrazone groups is 1. The number of carboxylic acids is 1. The molecule has 5 nitrogen and oxygen atoms in total. The zero-order chi connectivity index (χ0) is 19.4. The lowest BCUT2D eigenvalue weighted by molar-refractivity contribution is -0.305. The van der Waals surface area contributed by atoms with Crippen molar-refractivity contribution in [2.45, 2.75) is 19.8 Å². The Balaban J connectivity index is 1.86. The Bertz CT molecular complexity index is 1030. The van der Waals surface area contributed by atoms with Crippen molar-refractivity contribution < 1.29 is 14.7 Å². The number of amides is 1. The van der Waals surface area contributed by atoms with Crippen LogP contribution in [0.4, 0.5) is 0 Å². The molecule has 0 bridgehead atoms. The minimum Gasteiger partial charge on any atom is -0.550 e. The first-order valence-corrected chi connectivity index (χ1v) is 9.46. The van der Waals surface area contributed by atoms with E-state index in [4.69, 9.17) is 11.6 Å². The third-order valence-corrected chi connectivity index (χ3v) is 5.61. The second-order valence-electron chi connectivity index (χ2n) is 5.98. The number of benzene rings is 2. The Labute approximate surface area is 165 Å². The highest BCUT2D eigenvalue weighted by molar-refractivity contribution is 7.21. The molecule has 0 atom stereocenters. The largest absolute Gasteiger partial charge is 0.550 e. The van der Waals surface area contributed by atoms with Gasteiger partial charge in [0.15, 0.2) is 0 Å². The highest BCUT2D eigenvalue weighted by Crippen LogP contribution is 2.35. The lowest BCUT2D eigenvalue weighted by atomic mass is 10.1. The fourth-order valence-corrected chi connectivity index (χ4v) is 4.11. The van der Waals surface area contributed by atoms with Crippen LogP contribution in [0.15, 0.2) is 53.6 Å². The van der Waals surface area contributed by atoms with Gasteiger partial charge in [-0.1, -0.05) is 54.1 Å². The van der Waals surface area contributed by atoms with E-state index in [0.717, 1.165) is 21.2 Å². The second kappa shape index (κ2) is 8.33. The van der Waals surface area contributed by atoms with E-state index in [-0.39, 0.29) is 12.8 Å². The number of carbonyl (C=O) groups excluding carboxylic acids is 2. The Kier molecular flexibility index (Phi) is 5.88. The molecule has 0 aliphatic heterocycles. The number of aliphatic carboxylic acids is 1. The number of aryl methyl sites for hydroxylation is 1. The van der Waals surface area contributed by atoms with E-state index in [2.05, 4.69) is 10.5 Å². The number of hydrogen-bond donors (Lipinski definition) is 1. The van der Waals surface area contributed by atoms with Crippen LogP contribution in [0.25, 0.3) is 10.1 Å². The van der Waals surface area contributed by atoms with Gasteiger partial charge in [0.25, 0.3) is 5.91 Å². The van der Waals surface area contributed by atoms with Crippen molar-refractivity contribution in [1.82, 2.24) is 5.43 Å². The van der Waals surface area contributed by atoms with Gasteiger partial charge in [0.05, 0.1) is 10.7 Å². The summed E-state index contributed by atoms with van der Waals surface area (Å²) in [6, 6.07) is 14.9. The molecule has 1 amide bonds. The molecule has 27 heavy (non-hydrogen) atoms. The quantitative estimate of drug-likeness (QED) is 0.508. The van der Waals surface area contributed by atoms with Gasteiger partial charge in [0.1, 0.15) is 4.88 Å². The third-order valence-electron chi connectivity index (χ3n) is 3.96. The maximum absolute atomic E-state index is 12.6. The maximum Gasteiger partial charge on any atom is 0.283 e. The van der Waals surface area contributed by atoms with Gasteiger partial charge in [-0.05, 0) is 37.0 Å². The minimum atomic E-state index is -1.17. The number of carbonyl (C=O) groups is 2. The molecule has 1 aromatic heterocycles. The van der Waals surface area contributed by atoms with E-state index < -0.39 is 11.9 Å². The predicted molar refractivity (Wildman–Crippen MR) is 106 cm³/mol. The summed E-state index contributed by atoms with van der Waals surface area (Å²) in [5, 5.41) is 16.2. The Morgan fingerprint density at radius 1 is 1.15 bits per heavy atom. The summed E-state index contributed by atoms with van der Waals surface area (Å²) in [4.78, 5) is 23.7. The number of fused-ring (bicyclic) bond motifs is 1. The number of nitrogens with one attached hydrogen (secondary N) is 1. The van der Waals surface area contributed by atoms with E-state index >= 15 is 0 Å². The summed E-state index contributed by atoms with van der Waals surface area (Å²) in [7, 11) is 0. The summed E-state index contributed by atoms with van der Waals surface area (Å²) >= 11 is 7.65. The van der Waals surface area contributed by atoms with Crippen LogP contribution in [0.1, 0.15) is 33.6 Å². The van der Waals surface area contributed by atoms with E-state index in [1.54, 1.807) is 12.1 Å². The zero-order valence-corrected chi connectivity index (χ0v) is 16.1. The molecule has 3 rings (SSSR count). The Hall–Kier alpha value is -2.70. The minimum absolute atomic E-state index is 0.145. The molecule has 0 spiro atoms. The van der Waals surface area contributed by atoms with Crippen LogP contribution in [-0.2, 0) is 4.79 Å². The lowest BCUT2D eigenvalue weighted by Gasteiger charge is -2.08. The average Bonchev–Trinajstić information content (AvgIpc) is 2.98. The van der Waals surface area contributed by atoms with Crippen LogP contribution in [-0.4, -0.2) is 17.6 Å². The summed E-state index contributed by atoms with van der Waals surface area (Å²) in [5.74, 6) is -1.60. The summed E-state index contributed by atoms with van der Waals surface area (Å²) in [6.07, 6.45) is -0.0432. The molecule has 138 valence electrons. The first-order valence-electron chi connectivity index (χ1n) is 8.26. The van der Waals surface area contributed by atoms with Gasteiger partial charge >= 0.3 is 0 Å². The molecule has 3 aromatic rings. The molecule has 0 radical (unpaired) electrons. The van der Waals surface area contributed by atoms with Crippen molar-refractivity contribution in [2.75, 3.05) is 0 Å². The van der Waals surface area contributed by atoms with E-state index in [9.17, 15) is 14.7 Å². The fraction of sp³-hybridized carbons (Fsp3) is 0.150. The molecule has 0 aliphatic carbocycles. The molecule has 0 fully saturated rings. The highest BCUT2D eigenvalue weighted by Gasteiger charge is 2.17. The lowest BCUT2D eigenvalue weighted by Crippen LogP contribution is -2.24. The average molecular weight is 400 g/mol. The van der Waals surface area contributed by atoms with E-state index in [1.807, 2.05) is 43.3 Å². The van der Waals surface area contributed by atoms with Crippen LogP contribution in [0.2, 0.25) is 5.02 Å². The van der Waals surface area contributed by atoms with Crippen molar-refractivity contribution in [2.24, 2.45) is 5.10 Å². The first-order chi connectivity index (χ1) is 13.0. The van der Waals surface area contributed by atoms with Crippen molar-refractivity contribution in [3.63, 3.8) is 0 Å². The molecule has 1 heterocycles.